The Morgan fingerprint density at radius 1 is 1.26 bits per heavy atom. The normalized spacial score (nSPS) is 15.8. The molecule has 2 heterocycles. The molecule has 7 heteroatoms. The highest BCUT2D eigenvalue weighted by molar-refractivity contribution is 6.28. The highest BCUT2D eigenvalue weighted by Gasteiger charge is 2.16. The molecular formula is C12H14ClN5O. The number of imidazole rings is 1. The van der Waals surface area contributed by atoms with Crippen LogP contribution in [0.5, 0.6) is 6.01 Å². The first-order chi connectivity index (χ1) is 9.31. The Hall–Kier alpha value is -1.69. The summed E-state index contributed by atoms with van der Waals surface area (Å²) in [6, 6.07) is 0.274. The second-order valence-corrected chi connectivity index (χ2v) is 4.96. The van der Waals surface area contributed by atoms with E-state index in [-0.39, 0.29) is 11.3 Å². The minimum absolute atomic E-state index is 0.125. The zero-order valence-electron chi connectivity index (χ0n) is 10.4. The van der Waals surface area contributed by atoms with E-state index in [1.165, 1.54) is 25.7 Å². The van der Waals surface area contributed by atoms with Gasteiger partial charge in [-0.15, -0.1) is 0 Å². The minimum Gasteiger partial charge on any atom is -0.463 e. The summed E-state index contributed by atoms with van der Waals surface area (Å²) in [5.74, 6) is 1.02. The molecular weight excluding hydrogens is 266 g/mol. The van der Waals surface area contributed by atoms with Gasteiger partial charge in [-0.1, -0.05) is 12.8 Å². The lowest BCUT2D eigenvalue weighted by atomic mass is 10.1. The van der Waals surface area contributed by atoms with E-state index in [0.717, 1.165) is 0 Å². The van der Waals surface area contributed by atoms with Crippen molar-refractivity contribution >= 4 is 11.6 Å². The number of halogens is 1. The number of hydrogen-bond donors (Lipinski definition) is 0. The SMILES string of the molecule is Clc1nc(OCC2CCCC2)nc(-n2ccnc2)n1. The molecule has 0 amide bonds. The maximum Gasteiger partial charge on any atom is 0.322 e. The fraction of sp³-hybridized carbons (Fsp3) is 0.500. The van der Waals surface area contributed by atoms with Crippen LogP contribution < -0.4 is 4.74 Å². The van der Waals surface area contributed by atoms with Crippen LogP contribution in [0.2, 0.25) is 5.28 Å². The van der Waals surface area contributed by atoms with Crippen LogP contribution in [0.1, 0.15) is 25.7 Å². The monoisotopic (exact) mass is 279 g/mol. The first-order valence-electron chi connectivity index (χ1n) is 6.34. The first-order valence-corrected chi connectivity index (χ1v) is 6.72. The van der Waals surface area contributed by atoms with Crippen molar-refractivity contribution in [3.8, 4) is 12.0 Å². The van der Waals surface area contributed by atoms with E-state index in [1.54, 1.807) is 23.3 Å². The second kappa shape index (κ2) is 5.52. The van der Waals surface area contributed by atoms with Crippen LogP contribution in [0.3, 0.4) is 0 Å². The molecule has 0 spiro atoms. The Bertz CT molecular complexity index is 539. The van der Waals surface area contributed by atoms with Gasteiger partial charge in [0.05, 0.1) is 6.61 Å². The predicted molar refractivity (Wildman–Crippen MR) is 69.4 cm³/mol. The van der Waals surface area contributed by atoms with E-state index >= 15 is 0 Å². The van der Waals surface area contributed by atoms with Crippen LogP contribution in [0.15, 0.2) is 18.7 Å². The molecule has 2 aromatic rings. The van der Waals surface area contributed by atoms with Crippen molar-refractivity contribution in [2.45, 2.75) is 25.7 Å². The van der Waals surface area contributed by atoms with Crippen molar-refractivity contribution in [3.63, 3.8) is 0 Å². The molecule has 0 unspecified atom stereocenters. The van der Waals surface area contributed by atoms with Gasteiger partial charge in [0, 0.05) is 12.4 Å². The number of ether oxygens (including phenoxy) is 1. The number of aromatic nitrogens is 5. The maximum absolute atomic E-state index is 5.89. The predicted octanol–water partition coefficient (Wildman–Crippen LogP) is 2.28. The number of rotatable bonds is 4. The van der Waals surface area contributed by atoms with Crippen molar-refractivity contribution < 1.29 is 4.74 Å². The molecule has 3 rings (SSSR count). The Morgan fingerprint density at radius 2 is 2.11 bits per heavy atom. The molecule has 0 bridgehead atoms. The molecule has 6 nitrogen and oxygen atoms in total. The summed E-state index contributed by atoms with van der Waals surface area (Å²) in [4.78, 5) is 16.2. The third kappa shape index (κ3) is 3.01. The zero-order chi connectivity index (χ0) is 13.1. The van der Waals surface area contributed by atoms with Crippen LogP contribution in [-0.2, 0) is 0 Å². The van der Waals surface area contributed by atoms with Gasteiger partial charge in [-0.25, -0.2) is 4.98 Å². The third-order valence-corrected chi connectivity index (χ3v) is 3.40. The van der Waals surface area contributed by atoms with Crippen LogP contribution in [0.25, 0.3) is 5.95 Å². The van der Waals surface area contributed by atoms with Crippen LogP contribution in [0.4, 0.5) is 0 Å². The lowest BCUT2D eigenvalue weighted by Crippen LogP contribution is -2.11. The molecule has 0 radical (unpaired) electrons. The van der Waals surface area contributed by atoms with Gasteiger partial charge >= 0.3 is 6.01 Å². The summed E-state index contributed by atoms with van der Waals surface area (Å²) < 4.78 is 7.29. The van der Waals surface area contributed by atoms with Gasteiger partial charge in [-0.3, -0.25) is 4.57 Å². The Labute approximate surface area is 115 Å². The maximum atomic E-state index is 5.89. The molecule has 1 saturated carbocycles. The average molecular weight is 280 g/mol. The van der Waals surface area contributed by atoms with E-state index in [1.807, 2.05) is 0 Å². The first kappa shape index (κ1) is 12.3. The van der Waals surface area contributed by atoms with Crippen molar-refractivity contribution in [1.82, 2.24) is 24.5 Å². The van der Waals surface area contributed by atoms with Crippen molar-refractivity contribution in [1.29, 1.82) is 0 Å². The molecule has 2 aromatic heterocycles. The molecule has 1 aliphatic rings. The fourth-order valence-electron chi connectivity index (χ4n) is 2.25. The third-order valence-electron chi connectivity index (χ3n) is 3.23. The van der Waals surface area contributed by atoms with Crippen LogP contribution in [0, 0.1) is 5.92 Å². The molecule has 100 valence electrons. The molecule has 1 fully saturated rings. The molecule has 0 atom stereocenters. The lowest BCUT2D eigenvalue weighted by Gasteiger charge is -2.10. The van der Waals surface area contributed by atoms with Crippen molar-refractivity contribution in [2.75, 3.05) is 6.61 Å². The summed E-state index contributed by atoms with van der Waals surface area (Å²) in [6.45, 7) is 0.643. The lowest BCUT2D eigenvalue weighted by molar-refractivity contribution is 0.233. The number of nitrogens with zero attached hydrogens (tertiary/aromatic N) is 5. The van der Waals surface area contributed by atoms with Crippen LogP contribution >= 0.6 is 11.6 Å². The van der Waals surface area contributed by atoms with Gasteiger partial charge in [-0.05, 0) is 30.4 Å². The van der Waals surface area contributed by atoms with Crippen molar-refractivity contribution in [2.24, 2.45) is 5.92 Å². The molecule has 0 N–H and O–H groups in total. The summed E-state index contributed by atoms with van der Waals surface area (Å²) in [7, 11) is 0. The molecule has 0 saturated heterocycles. The highest BCUT2D eigenvalue weighted by Crippen LogP contribution is 2.25. The van der Waals surface area contributed by atoms with Crippen molar-refractivity contribution in [3.05, 3.63) is 24.0 Å². The Morgan fingerprint density at radius 3 is 2.84 bits per heavy atom. The summed E-state index contributed by atoms with van der Waals surface area (Å²) in [6.07, 6.45) is 9.99. The van der Waals surface area contributed by atoms with Gasteiger partial charge in [0.15, 0.2) is 0 Å². The van der Waals surface area contributed by atoms with Gasteiger partial charge in [0.25, 0.3) is 0 Å². The largest absolute Gasteiger partial charge is 0.463 e. The van der Waals surface area contributed by atoms with Gasteiger partial charge < -0.3 is 4.74 Å². The van der Waals surface area contributed by atoms with Gasteiger partial charge in [0.2, 0.25) is 11.2 Å². The highest BCUT2D eigenvalue weighted by atomic mass is 35.5. The van der Waals surface area contributed by atoms with Crippen LogP contribution in [-0.4, -0.2) is 31.1 Å². The number of hydrogen-bond acceptors (Lipinski definition) is 5. The molecule has 0 aromatic carbocycles. The Balaban J connectivity index is 1.74. The summed E-state index contributed by atoms with van der Waals surface area (Å²) >= 11 is 5.89. The van der Waals surface area contributed by atoms with Gasteiger partial charge in [-0.2, -0.15) is 15.0 Å². The summed E-state index contributed by atoms with van der Waals surface area (Å²) in [5, 5.41) is 0.125. The van der Waals surface area contributed by atoms with E-state index < -0.39 is 0 Å². The van der Waals surface area contributed by atoms with E-state index in [9.17, 15) is 0 Å². The summed E-state index contributed by atoms with van der Waals surface area (Å²) in [5.41, 5.74) is 0. The standard InChI is InChI=1S/C12H14ClN5O/c13-10-15-11(18-6-5-14-8-18)17-12(16-10)19-7-9-3-1-2-4-9/h5-6,8-9H,1-4,7H2. The van der Waals surface area contributed by atoms with Gasteiger partial charge in [0.1, 0.15) is 6.33 Å². The zero-order valence-corrected chi connectivity index (χ0v) is 11.1. The quantitative estimate of drug-likeness (QED) is 0.859. The molecule has 19 heavy (non-hydrogen) atoms. The topological polar surface area (TPSA) is 65.7 Å². The Kier molecular flexibility index (Phi) is 3.59. The molecule has 0 aliphatic heterocycles. The average Bonchev–Trinajstić information content (AvgIpc) is 3.09. The minimum atomic E-state index is 0.125. The molecule has 1 aliphatic carbocycles. The van der Waals surface area contributed by atoms with E-state index in [0.29, 0.717) is 18.5 Å². The fourth-order valence-corrected chi connectivity index (χ4v) is 2.40. The van der Waals surface area contributed by atoms with E-state index in [2.05, 4.69) is 19.9 Å². The van der Waals surface area contributed by atoms with E-state index in [4.69, 9.17) is 16.3 Å². The smallest absolute Gasteiger partial charge is 0.322 e. The second-order valence-electron chi connectivity index (χ2n) is 4.62.